The van der Waals surface area contributed by atoms with Crippen LogP contribution in [0.15, 0.2) is 22.0 Å². The molecule has 4 heterocycles. The number of nitrogens with zero attached hydrogens (tertiary/aromatic N) is 6. The number of fused-ring (bicyclic) bond motifs is 1. The van der Waals surface area contributed by atoms with E-state index < -0.39 is 10.0 Å². The Kier molecular flexibility index (Phi) is 8.32. The van der Waals surface area contributed by atoms with E-state index in [-0.39, 0.29) is 55.1 Å². The van der Waals surface area contributed by atoms with Crippen LogP contribution in [-0.2, 0) is 23.0 Å². The topological polar surface area (TPSA) is 126 Å². The van der Waals surface area contributed by atoms with Crippen molar-refractivity contribution in [3.63, 3.8) is 0 Å². The fourth-order valence-electron chi connectivity index (χ4n) is 4.13. The summed E-state index contributed by atoms with van der Waals surface area (Å²) >= 11 is -0.0640. The molecule has 3 aromatic rings. The molecule has 1 saturated heterocycles. The second-order valence-electron chi connectivity index (χ2n) is 8.94. The molecule has 4 rings (SSSR count). The molecule has 1 aliphatic rings. The van der Waals surface area contributed by atoms with Crippen molar-refractivity contribution in [3.8, 4) is 17.3 Å². The average molecular weight is 631 g/mol. The number of hydrogen-bond donors (Lipinski definition) is 1. The number of ether oxygens (including phenoxy) is 1. The van der Waals surface area contributed by atoms with E-state index in [4.69, 9.17) is 9.72 Å². The Morgan fingerprint density at radius 1 is 1.17 bits per heavy atom. The number of aromatic nitrogens is 5. The van der Waals surface area contributed by atoms with Crippen LogP contribution in [-0.4, -0.2) is 78.3 Å². The van der Waals surface area contributed by atoms with Gasteiger partial charge in [0.25, 0.3) is 0 Å². The van der Waals surface area contributed by atoms with Gasteiger partial charge in [-0.3, -0.25) is 4.68 Å². The molecule has 0 aliphatic carbocycles. The maximum atomic E-state index is 13.5. The van der Waals surface area contributed by atoms with Crippen molar-refractivity contribution in [3.05, 3.63) is 28.3 Å². The standard InChI is InChI=1S/C23H33IN7O4S/c1-6-18-19-20(28-31(18)7-2)22(32)27-21(26-19)17-12-16(13-25-23(17)35-14-15(3)4)36(33,34)30-10-8-29(24-5)9-11-30/h12-13,15H,6-11,14H2,1-5H3,(H,26,27,32)/q-1. The molecule has 0 unspecified atom stereocenters. The molecule has 0 atom stereocenters. The minimum absolute atomic E-state index is 0.0526. The number of rotatable bonds is 9. The van der Waals surface area contributed by atoms with Gasteiger partial charge in [-0.05, 0) is 13.3 Å². The molecule has 0 radical (unpaired) electrons. The first-order chi connectivity index (χ1) is 17.2. The first-order valence-corrected chi connectivity index (χ1v) is 16.6. The second-order valence-corrected chi connectivity index (χ2v) is 13.2. The molecule has 0 spiro atoms. The number of H-pyrrole nitrogens is 1. The molecule has 11 nitrogen and oxygen atoms in total. The van der Waals surface area contributed by atoms with Crippen LogP contribution in [0, 0.1) is 5.92 Å². The predicted octanol–water partition coefficient (Wildman–Crippen LogP) is -1.26. The monoisotopic (exact) mass is 630 g/mol. The van der Waals surface area contributed by atoms with Gasteiger partial charge >= 0.3 is 172 Å². The quantitative estimate of drug-likeness (QED) is 0.177. The van der Waals surface area contributed by atoms with Crippen LogP contribution in [0.2, 0.25) is 0 Å². The second kappa shape index (κ2) is 11.1. The molecule has 36 heavy (non-hydrogen) atoms. The van der Waals surface area contributed by atoms with E-state index in [1.54, 1.807) is 4.68 Å². The van der Waals surface area contributed by atoms with Gasteiger partial charge < -0.3 is 0 Å². The Labute approximate surface area is 221 Å². The molecule has 0 aromatic carbocycles. The molecular formula is C23H33IN7O4S-. The molecular weight excluding hydrogens is 597 g/mol. The summed E-state index contributed by atoms with van der Waals surface area (Å²) in [6.45, 7) is 11.3. The van der Waals surface area contributed by atoms with Gasteiger partial charge in [-0.1, -0.05) is 20.8 Å². The van der Waals surface area contributed by atoms with Gasteiger partial charge in [-0.2, -0.15) is 5.10 Å². The Bertz CT molecular complexity index is 1400. The van der Waals surface area contributed by atoms with Gasteiger partial charge in [0.1, 0.15) is 0 Å². The van der Waals surface area contributed by atoms with Crippen LogP contribution in [0.1, 0.15) is 33.4 Å². The predicted molar refractivity (Wildman–Crippen MR) is 133 cm³/mol. The van der Waals surface area contributed by atoms with Gasteiger partial charge in [0.2, 0.25) is 0 Å². The van der Waals surface area contributed by atoms with Gasteiger partial charge in [-0.15, -0.1) is 0 Å². The van der Waals surface area contributed by atoms with E-state index in [1.807, 2.05) is 27.7 Å². The normalized spacial score (nSPS) is 15.8. The molecule has 0 amide bonds. The molecule has 1 aliphatic heterocycles. The van der Waals surface area contributed by atoms with E-state index in [0.717, 1.165) is 18.8 Å². The number of nitrogens with one attached hydrogen (secondary N) is 1. The molecule has 13 heteroatoms. The van der Waals surface area contributed by atoms with Gasteiger partial charge in [-0.25, -0.2) is 0 Å². The Hall–Kier alpha value is -2.10. The molecule has 3 aromatic heterocycles. The number of hydrogen-bond acceptors (Lipinski definition) is 8. The zero-order valence-electron chi connectivity index (χ0n) is 21.3. The van der Waals surface area contributed by atoms with E-state index in [9.17, 15) is 13.2 Å². The molecule has 0 saturated carbocycles. The van der Waals surface area contributed by atoms with E-state index in [1.165, 1.54) is 16.6 Å². The van der Waals surface area contributed by atoms with Crippen LogP contribution < -0.4 is 31.8 Å². The van der Waals surface area contributed by atoms with Crippen molar-refractivity contribution in [1.82, 2.24) is 32.2 Å². The minimum atomic E-state index is -3.77. The van der Waals surface area contributed by atoms with Crippen LogP contribution in [0.25, 0.3) is 22.4 Å². The van der Waals surface area contributed by atoms with Crippen LogP contribution >= 0.6 is 0 Å². The maximum absolute atomic E-state index is 13.5. The van der Waals surface area contributed by atoms with Crippen molar-refractivity contribution in [1.29, 1.82) is 0 Å². The molecule has 1 fully saturated rings. The van der Waals surface area contributed by atoms with E-state index >= 15 is 0 Å². The zero-order valence-corrected chi connectivity index (χ0v) is 24.3. The summed E-state index contributed by atoms with van der Waals surface area (Å²) in [5.41, 5.74) is 1.55. The number of aromatic amines is 1. The average Bonchev–Trinajstić information content (AvgIpc) is 3.25. The summed E-state index contributed by atoms with van der Waals surface area (Å²) in [5, 5.41) is 4.41. The third-order valence-electron chi connectivity index (χ3n) is 6.03. The summed E-state index contributed by atoms with van der Waals surface area (Å²) in [6.07, 6.45) is 1.98. The zero-order chi connectivity index (χ0) is 26.0. The Morgan fingerprint density at radius 3 is 2.50 bits per heavy atom. The van der Waals surface area contributed by atoms with Gasteiger partial charge in [0, 0.05) is 6.54 Å². The number of sulfonamides is 1. The molecule has 198 valence electrons. The van der Waals surface area contributed by atoms with Crippen LogP contribution in [0.3, 0.4) is 0 Å². The molecule has 1 N–H and O–H groups in total. The molecule has 0 bridgehead atoms. The summed E-state index contributed by atoms with van der Waals surface area (Å²) in [5.74, 6) is 0.665. The Balaban J connectivity index is 1.83. The SMILES string of the molecule is CCc1c2nc(-c3cc(S(=O)(=O)N4CCN([I-]C)CC4)cnc3OCC(C)C)[nH]c(=O)c2nn1CC. The van der Waals surface area contributed by atoms with Crippen LogP contribution in [0.4, 0.5) is 0 Å². The third kappa shape index (κ3) is 5.29. The van der Waals surface area contributed by atoms with Crippen molar-refractivity contribution in [2.24, 2.45) is 5.92 Å². The van der Waals surface area contributed by atoms with Gasteiger partial charge in [0.15, 0.2) is 0 Å². The Morgan fingerprint density at radius 2 is 1.89 bits per heavy atom. The van der Waals surface area contributed by atoms with E-state index in [2.05, 4.69) is 23.1 Å². The van der Waals surface area contributed by atoms with E-state index in [0.29, 0.717) is 43.7 Å². The number of pyridine rings is 1. The van der Waals surface area contributed by atoms with Crippen molar-refractivity contribution >= 4 is 21.1 Å². The van der Waals surface area contributed by atoms with Crippen molar-refractivity contribution in [2.45, 2.75) is 45.6 Å². The fraction of sp³-hybridized carbons (Fsp3) is 0.565. The smallest absolute Gasteiger partial charge is 0.267 e. The number of alkyl halides is 1. The summed E-state index contributed by atoms with van der Waals surface area (Å²) in [7, 11) is -3.77. The van der Waals surface area contributed by atoms with Gasteiger partial charge in [0.05, 0.1) is 0 Å². The van der Waals surface area contributed by atoms with Crippen molar-refractivity contribution < 1.29 is 34.6 Å². The number of piperazine rings is 1. The fourth-order valence-corrected chi connectivity index (χ4v) is 6.92. The number of halogens is 1. The minimum Gasteiger partial charge on any atom is -0.267 e. The summed E-state index contributed by atoms with van der Waals surface area (Å²) in [4.78, 5) is 27.1. The van der Waals surface area contributed by atoms with Crippen molar-refractivity contribution in [2.75, 3.05) is 37.7 Å². The number of aryl methyl sites for hydroxylation is 2. The third-order valence-corrected chi connectivity index (χ3v) is 10.2. The first kappa shape index (κ1) is 26.9. The summed E-state index contributed by atoms with van der Waals surface area (Å²) < 4.78 is 38.5. The summed E-state index contributed by atoms with van der Waals surface area (Å²) in [6, 6.07) is 1.51. The first-order valence-electron chi connectivity index (χ1n) is 12.1. The van der Waals surface area contributed by atoms with Crippen LogP contribution in [0.5, 0.6) is 5.88 Å².